The van der Waals surface area contributed by atoms with E-state index in [4.69, 9.17) is 22.1 Å². The van der Waals surface area contributed by atoms with E-state index in [1.165, 1.54) is 0 Å². The monoisotopic (exact) mass is 227 g/mol. The molecule has 1 heterocycles. The molecule has 0 N–H and O–H groups in total. The Balaban J connectivity index is 3.40. The highest BCUT2D eigenvalue weighted by molar-refractivity contribution is 6.32. The Labute approximate surface area is 89.5 Å². The number of hydrogen-bond donors (Lipinski definition) is 0. The minimum atomic E-state index is -2.76. The van der Waals surface area contributed by atoms with Gasteiger partial charge in [0.15, 0.2) is 5.69 Å². The lowest BCUT2D eigenvalue weighted by molar-refractivity contribution is 0.150. The average molecular weight is 228 g/mol. The number of rotatable bonds is 2. The van der Waals surface area contributed by atoms with Crippen LogP contribution in [0, 0.1) is 22.7 Å². The predicted octanol–water partition coefficient (Wildman–Crippen LogP) is 2.61. The molecule has 0 spiro atoms. The molecule has 0 aliphatic heterocycles. The number of aromatic nitrogens is 1. The number of alkyl halides is 2. The standard InChI is InChI=1S/C9H4ClF2N3/c10-8-5(1-2-13)6(9(11)12)4-15-7(8)3-14/h4,9H,1H2. The van der Waals surface area contributed by atoms with E-state index in [0.717, 1.165) is 6.20 Å². The van der Waals surface area contributed by atoms with Gasteiger partial charge in [0.2, 0.25) is 0 Å². The van der Waals surface area contributed by atoms with Gasteiger partial charge in [0, 0.05) is 11.8 Å². The van der Waals surface area contributed by atoms with Crippen LogP contribution in [0.15, 0.2) is 6.20 Å². The Hall–Kier alpha value is -1.72. The topological polar surface area (TPSA) is 60.5 Å². The van der Waals surface area contributed by atoms with Gasteiger partial charge in [-0.25, -0.2) is 13.8 Å². The molecule has 0 bridgehead atoms. The second kappa shape index (κ2) is 4.68. The first kappa shape index (κ1) is 11.4. The average Bonchev–Trinajstić information content (AvgIpc) is 2.20. The van der Waals surface area contributed by atoms with Gasteiger partial charge >= 0.3 is 0 Å². The van der Waals surface area contributed by atoms with E-state index in [-0.39, 0.29) is 22.7 Å². The summed E-state index contributed by atoms with van der Waals surface area (Å²) in [6, 6.07) is 3.38. The predicted molar refractivity (Wildman–Crippen MR) is 48.2 cm³/mol. The molecule has 0 aliphatic rings. The molecule has 6 heteroatoms. The summed E-state index contributed by atoms with van der Waals surface area (Å²) in [6.45, 7) is 0. The Morgan fingerprint density at radius 1 is 1.47 bits per heavy atom. The highest BCUT2D eigenvalue weighted by Crippen LogP contribution is 2.29. The summed E-state index contributed by atoms with van der Waals surface area (Å²) in [4.78, 5) is 3.48. The van der Waals surface area contributed by atoms with E-state index in [1.807, 2.05) is 0 Å². The van der Waals surface area contributed by atoms with Crippen LogP contribution >= 0.6 is 11.6 Å². The van der Waals surface area contributed by atoms with Gasteiger partial charge in [0.25, 0.3) is 6.43 Å². The summed E-state index contributed by atoms with van der Waals surface area (Å²) < 4.78 is 25.0. The quantitative estimate of drug-likeness (QED) is 0.780. The van der Waals surface area contributed by atoms with Crippen molar-refractivity contribution in [1.82, 2.24) is 4.98 Å². The van der Waals surface area contributed by atoms with Gasteiger partial charge in [0.05, 0.1) is 17.5 Å². The Bertz CT molecular complexity index is 460. The van der Waals surface area contributed by atoms with Crippen LogP contribution in [-0.2, 0) is 6.42 Å². The fraction of sp³-hybridized carbons (Fsp3) is 0.222. The summed E-state index contributed by atoms with van der Waals surface area (Å²) >= 11 is 5.67. The molecule has 0 fully saturated rings. The summed E-state index contributed by atoms with van der Waals surface area (Å²) in [7, 11) is 0. The van der Waals surface area contributed by atoms with E-state index in [2.05, 4.69) is 4.98 Å². The maximum atomic E-state index is 12.5. The summed E-state index contributed by atoms with van der Waals surface area (Å²) in [5.74, 6) is 0. The minimum absolute atomic E-state index is 0.0271. The summed E-state index contributed by atoms with van der Waals surface area (Å²) in [6.07, 6.45) is -2.15. The van der Waals surface area contributed by atoms with Crippen molar-refractivity contribution in [3.8, 4) is 12.1 Å². The van der Waals surface area contributed by atoms with Gasteiger partial charge in [-0.05, 0) is 5.56 Å². The maximum Gasteiger partial charge on any atom is 0.265 e. The molecule has 15 heavy (non-hydrogen) atoms. The second-order valence-corrected chi connectivity index (χ2v) is 2.98. The fourth-order valence-corrected chi connectivity index (χ4v) is 1.33. The van der Waals surface area contributed by atoms with Crippen LogP contribution in [0.2, 0.25) is 5.02 Å². The highest BCUT2D eigenvalue weighted by Gasteiger charge is 2.18. The lowest BCUT2D eigenvalue weighted by atomic mass is 10.1. The molecular weight excluding hydrogens is 224 g/mol. The first-order valence-corrected chi connectivity index (χ1v) is 4.22. The first-order valence-electron chi connectivity index (χ1n) is 3.84. The van der Waals surface area contributed by atoms with Crippen molar-refractivity contribution in [3.63, 3.8) is 0 Å². The first-order chi connectivity index (χ1) is 7.11. The van der Waals surface area contributed by atoms with Gasteiger partial charge in [0.1, 0.15) is 6.07 Å². The molecule has 76 valence electrons. The number of nitrogens with zero attached hydrogens (tertiary/aromatic N) is 3. The summed E-state index contributed by atoms with van der Waals surface area (Å²) in [5.41, 5.74) is -0.576. The van der Waals surface area contributed by atoms with Crippen molar-refractivity contribution in [2.45, 2.75) is 12.8 Å². The molecule has 0 saturated heterocycles. The Kier molecular flexibility index (Phi) is 3.54. The van der Waals surface area contributed by atoms with Crippen LogP contribution in [0.5, 0.6) is 0 Å². The molecule has 0 radical (unpaired) electrons. The summed E-state index contributed by atoms with van der Waals surface area (Å²) in [5, 5.41) is 16.9. The second-order valence-electron chi connectivity index (χ2n) is 2.60. The van der Waals surface area contributed by atoms with E-state index < -0.39 is 12.0 Å². The van der Waals surface area contributed by atoms with E-state index in [1.54, 1.807) is 12.1 Å². The van der Waals surface area contributed by atoms with E-state index in [0.29, 0.717) is 0 Å². The molecule has 0 unspecified atom stereocenters. The molecule has 1 aromatic heterocycles. The van der Waals surface area contributed by atoms with Gasteiger partial charge < -0.3 is 0 Å². The minimum Gasteiger partial charge on any atom is -0.243 e. The normalized spacial score (nSPS) is 9.73. The third kappa shape index (κ3) is 2.20. The van der Waals surface area contributed by atoms with Crippen LogP contribution in [0.3, 0.4) is 0 Å². The van der Waals surface area contributed by atoms with Crippen LogP contribution in [0.25, 0.3) is 0 Å². The van der Waals surface area contributed by atoms with Crippen LogP contribution < -0.4 is 0 Å². The number of pyridine rings is 1. The zero-order valence-electron chi connectivity index (χ0n) is 7.34. The van der Waals surface area contributed by atoms with Gasteiger partial charge in [-0.1, -0.05) is 11.6 Å². The molecule has 0 amide bonds. The van der Waals surface area contributed by atoms with Crippen molar-refractivity contribution in [2.75, 3.05) is 0 Å². The van der Waals surface area contributed by atoms with Crippen molar-refractivity contribution in [1.29, 1.82) is 10.5 Å². The third-order valence-corrected chi connectivity index (χ3v) is 2.16. The number of hydrogen-bond acceptors (Lipinski definition) is 3. The zero-order chi connectivity index (χ0) is 11.4. The Morgan fingerprint density at radius 2 is 2.13 bits per heavy atom. The molecule has 3 nitrogen and oxygen atoms in total. The van der Waals surface area contributed by atoms with Crippen molar-refractivity contribution >= 4 is 11.6 Å². The molecule has 0 saturated carbocycles. The number of nitriles is 2. The molecule has 0 atom stereocenters. The SMILES string of the molecule is N#CCc1c(C(F)F)cnc(C#N)c1Cl. The third-order valence-electron chi connectivity index (χ3n) is 1.75. The lowest BCUT2D eigenvalue weighted by Crippen LogP contribution is -1.99. The maximum absolute atomic E-state index is 12.5. The van der Waals surface area contributed by atoms with Gasteiger partial charge in [-0.2, -0.15) is 10.5 Å². The molecule has 0 aliphatic carbocycles. The van der Waals surface area contributed by atoms with E-state index in [9.17, 15) is 8.78 Å². The van der Waals surface area contributed by atoms with Crippen LogP contribution in [-0.4, -0.2) is 4.98 Å². The largest absolute Gasteiger partial charge is 0.265 e. The van der Waals surface area contributed by atoms with Crippen LogP contribution in [0.1, 0.15) is 23.2 Å². The lowest BCUT2D eigenvalue weighted by Gasteiger charge is -2.07. The van der Waals surface area contributed by atoms with Gasteiger partial charge in [-0.3, -0.25) is 0 Å². The van der Waals surface area contributed by atoms with Crippen molar-refractivity contribution < 1.29 is 8.78 Å². The van der Waals surface area contributed by atoms with Gasteiger partial charge in [-0.15, -0.1) is 0 Å². The van der Waals surface area contributed by atoms with Crippen molar-refractivity contribution in [2.24, 2.45) is 0 Å². The van der Waals surface area contributed by atoms with Crippen LogP contribution in [0.4, 0.5) is 8.78 Å². The molecule has 1 aromatic rings. The zero-order valence-corrected chi connectivity index (χ0v) is 8.09. The molecule has 1 rings (SSSR count). The molecule has 0 aromatic carbocycles. The fourth-order valence-electron chi connectivity index (χ4n) is 1.06. The van der Waals surface area contributed by atoms with Crippen molar-refractivity contribution in [3.05, 3.63) is 28.0 Å². The smallest absolute Gasteiger partial charge is 0.243 e. The molecular formula is C9H4ClF2N3. The number of halogens is 3. The van der Waals surface area contributed by atoms with E-state index >= 15 is 0 Å². The highest BCUT2D eigenvalue weighted by atomic mass is 35.5. The Morgan fingerprint density at radius 3 is 2.60 bits per heavy atom.